The number of hydrogen-bond donors (Lipinski definition) is 2. The van der Waals surface area contributed by atoms with Crippen molar-refractivity contribution in [3.63, 3.8) is 0 Å². The van der Waals surface area contributed by atoms with Crippen molar-refractivity contribution in [2.45, 2.75) is 64.3 Å². The molecule has 1 aromatic heterocycles. The van der Waals surface area contributed by atoms with Crippen molar-refractivity contribution < 1.29 is 5.11 Å². The lowest BCUT2D eigenvalue weighted by Crippen LogP contribution is -2.44. The summed E-state index contributed by atoms with van der Waals surface area (Å²) in [6.07, 6.45) is 5.47. The molecular formula is C15H24ClN3O. The largest absolute Gasteiger partial charge is 0.394 e. The van der Waals surface area contributed by atoms with Crippen LogP contribution in [0.4, 0.5) is 5.82 Å². The molecule has 1 fully saturated rings. The van der Waals surface area contributed by atoms with Gasteiger partial charge in [-0.2, -0.15) is 0 Å². The quantitative estimate of drug-likeness (QED) is 0.833. The predicted octanol–water partition coefficient (Wildman–Crippen LogP) is 3.67. The molecule has 0 aliphatic heterocycles. The van der Waals surface area contributed by atoms with Crippen LogP contribution in [0.25, 0.3) is 0 Å². The Hall–Kier alpha value is -0.870. The molecule has 1 saturated carbocycles. The molecule has 5 heteroatoms. The van der Waals surface area contributed by atoms with Crippen molar-refractivity contribution in [1.29, 1.82) is 0 Å². The van der Waals surface area contributed by atoms with Gasteiger partial charge in [-0.3, -0.25) is 0 Å². The van der Waals surface area contributed by atoms with E-state index in [0.717, 1.165) is 42.9 Å². The van der Waals surface area contributed by atoms with E-state index in [4.69, 9.17) is 11.6 Å². The molecule has 0 aromatic carbocycles. The van der Waals surface area contributed by atoms with E-state index >= 15 is 0 Å². The van der Waals surface area contributed by atoms with Gasteiger partial charge >= 0.3 is 0 Å². The number of aliphatic hydroxyl groups excluding tert-OH is 1. The first-order valence-corrected chi connectivity index (χ1v) is 7.78. The van der Waals surface area contributed by atoms with Gasteiger partial charge in [-0.25, -0.2) is 9.97 Å². The number of aromatic nitrogens is 2. The van der Waals surface area contributed by atoms with E-state index in [0.29, 0.717) is 5.15 Å². The summed E-state index contributed by atoms with van der Waals surface area (Å²) >= 11 is 6.22. The predicted molar refractivity (Wildman–Crippen MR) is 82.4 cm³/mol. The van der Waals surface area contributed by atoms with E-state index in [-0.39, 0.29) is 18.1 Å². The van der Waals surface area contributed by atoms with E-state index in [1.165, 1.54) is 6.42 Å². The first kappa shape index (κ1) is 15.5. The zero-order chi connectivity index (χ0) is 14.8. The number of halogens is 1. The van der Waals surface area contributed by atoms with Crippen LogP contribution in [-0.2, 0) is 0 Å². The molecule has 2 rings (SSSR count). The minimum atomic E-state index is -0.255. The topological polar surface area (TPSA) is 58.0 Å². The maximum Gasteiger partial charge on any atom is 0.137 e. The van der Waals surface area contributed by atoms with Crippen LogP contribution in [0.1, 0.15) is 63.3 Å². The zero-order valence-electron chi connectivity index (χ0n) is 12.5. The third-order valence-corrected chi connectivity index (χ3v) is 4.48. The first-order chi connectivity index (χ1) is 9.47. The van der Waals surface area contributed by atoms with Gasteiger partial charge in [-0.05, 0) is 19.8 Å². The molecule has 0 radical (unpaired) electrons. The van der Waals surface area contributed by atoms with Gasteiger partial charge in [0, 0.05) is 11.5 Å². The van der Waals surface area contributed by atoms with Crippen molar-refractivity contribution in [2.75, 3.05) is 11.9 Å². The number of rotatable bonds is 4. The van der Waals surface area contributed by atoms with Gasteiger partial charge in [-0.1, -0.05) is 44.7 Å². The molecule has 20 heavy (non-hydrogen) atoms. The van der Waals surface area contributed by atoms with Crippen LogP contribution in [0.3, 0.4) is 0 Å². The average molecular weight is 298 g/mol. The van der Waals surface area contributed by atoms with Gasteiger partial charge in [0.15, 0.2) is 0 Å². The lowest BCUT2D eigenvalue weighted by molar-refractivity contribution is 0.172. The number of nitrogens with zero attached hydrogens (tertiary/aromatic N) is 2. The van der Waals surface area contributed by atoms with Gasteiger partial charge in [0.25, 0.3) is 0 Å². The van der Waals surface area contributed by atoms with Gasteiger partial charge in [0.1, 0.15) is 16.8 Å². The Balaban J connectivity index is 2.31. The SMILES string of the molecule is Cc1c(Cl)nc(C(C)C)nc1NC1(CO)CCCCC1. The van der Waals surface area contributed by atoms with E-state index < -0.39 is 0 Å². The highest BCUT2D eigenvalue weighted by Gasteiger charge is 2.32. The van der Waals surface area contributed by atoms with Crippen LogP contribution in [0.2, 0.25) is 5.15 Å². The molecule has 1 aromatic rings. The Kier molecular flexibility index (Phi) is 4.86. The van der Waals surface area contributed by atoms with Crippen LogP contribution in [0, 0.1) is 6.92 Å². The molecule has 1 aliphatic carbocycles. The van der Waals surface area contributed by atoms with Gasteiger partial charge in [0.2, 0.25) is 0 Å². The lowest BCUT2D eigenvalue weighted by Gasteiger charge is -2.37. The van der Waals surface area contributed by atoms with Gasteiger partial charge in [-0.15, -0.1) is 0 Å². The molecule has 0 bridgehead atoms. The molecule has 1 heterocycles. The molecule has 0 amide bonds. The molecular weight excluding hydrogens is 274 g/mol. The molecule has 112 valence electrons. The fourth-order valence-electron chi connectivity index (χ4n) is 2.69. The number of anilines is 1. The summed E-state index contributed by atoms with van der Waals surface area (Å²) in [5, 5.41) is 13.8. The van der Waals surface area contributed by atoms with Crippen molar-refractivity contribution in [3.8, 4) is 0 Å². The summed E-state index contributed by atoms with van der Waals surface area (Å²) in [5.74, 6) is 1.74. The minimum Gasteiger partial charge on any atom is -0.394 e. The maximum absolute atomic E-state index is 9.80. The van der Waals surface area contributed by atoms with E-state index in [1.807, 2.05) is 20.8 Å². The Morgan fingerprint density at radius 2 is 1.90 bits per heavy atom. The molecule has 4 nitrogen and oxygen atoms in total. The van der Waals surface area contributed by atoms with Crippen molar-refractivity contribution in [2.24, 2.45) is 0 Å². The highest BCUT2D eigenvalue weighted by atomic mass is 35.5. The molecule has 0 unspecified atom stereocenters. The molecule has 0 saturated heterocycles. The first-order valence-electron chi connectivity index (χ1n) is 7.40. The Bertz CT molecular complexity index is 470. The van der Waals surface area contributed by atoms with Crippen molar-refractivity contribution in [3.05, 3.63) is 16.5 Å². The van der Waals surface area contributed by atoms with Crippen LogP contribution in [0.15, 0.2) is 0 Å². The van der Waals surface area contributed by atoms with E-state index in [9.17, 15) is 5.11 Å². The van der Waals surface area contributed by atoms with Gasteiger partial charge < -0.3 is 10.4 Å². The van der Waals surface area contributed by atoms with Crippen LogP contribution in [0.5, 0.6) is 0 Å². The summed E-state index contributed by atoms with van der Waals surface area (Å²) in [7, 11) is 0. The van der Waals surface area contributed by atoms with Gasteiger partial charge in [0.05, 0.1) is 12.1 Å². The fraction of sp³-hybridized carbons (Fsp3) is 0.733. The Morgan fingerprint density at radius 1 is 1.25 bits per heavy atom. The normalized spacial score (nSPS) is 18.3. The average Bonchev–Trinajstić information content (AvgIpc) is 2.44. The Labute approximate surface area is 126 Å². The fourth-order valence-corrected chi connectivity index (χ4v) is 2.86. The smallest absolute Gasteiger partial charge is 0.137 e. The number of aliphatic hydroxyl groups is 1. The summed E-state index contributed by atoms with van der Waals surface area (Å²) in [6, 6.07) is 0. The maximum atomic E-state index is 9.80. The number of hydrogen-bond acceptors (Lipinski definition) is 4. The van der Waals surface area contributed by atoms with Crippen LogP contribution < -0.4 is 5.32 Å². The lowest BCUT2D eigenvalue weighted by atomic mass is 9.82. The minimum absolute atomic E-state index is 0.130. The summed E-state index contributed by atoms with van der Waals surface area (Å²) < 4.78 is 0. The molecule has 2 N–H and O–H groups in total. The molecule has 0 spiro atoms. The van der Waals surface area contributed by atoms with Crippen molar-refractivity contribution in [1.82, 2.24) is 9.97 Å². The third kappa shape index (κ3) is 3.23. The second kappa shape index (κ2) is 6.27. The Morgan fingerprint density at radius 3 is 2.45 bits per heavy atom. The third-order valence-electron chi connectivity index (χ3n) is 4.12. The van der Waals surface area contributed by atoms with Crippen LogP contribution >= 0.6 is 11.6 Å². The second-order valence-corrected chi connectivity index (χ2v) is 6.48. The highest BCUT2D eigenvalue weighted by molar-refractivity contribution is 6.30. The zero-order valence-corrected chi connectivity index (χ0v) is 13.3. The summed E-state index contributed by atoms with van der Waals surface area (Å²) in [6.45, 7) is 6.15. The standard InChI is InChI=1S/C15H24ClN3O/c1-10(2)13-17-12(16)11(3)14(18-13)19-15(9-20)7-5-4-6-8-15/h10,20H,4-9H2,1-3H3,(H,17,18,19). The summed E-state index contributed by atoms with van der Waals surface area (Å²) in [5.41, 5.74) is 0.601. The molecule has 0 atom stereocenters. The second-order valence-electron chi connectivity index (χ2n) is 6.13. The van der Waals surface area contributed by atoms with E-state index in [1.54, 1.807) is 0 Å². The summed E-state index contributed by atoms with van der Waals surface area (Å²) in [4.78, 5) is 8.93. The van der Waals surface area contributed by atoms with Crippen molar-refractivity contribution >= 4 is 17.4 Å². The molecule has 1 aliphatic rings. The number of nitrogens with one attached hydrogen (secondary N) is 1. The van der Waals surface area contributed by atoms with Crippen LogP contribution in [-0.4, -0.2) is 27.2 Å². The monoisotopic (exact) mass is 297 g/mol. The highest BCUT2D eigenvalue weighted by Crippen LogP contribution is 2.33. The van der Waals surface area contributed by atoms with E-state index in [2.05, 4.69) is 15.3 Å².